The smallest absolute Gasteiger partial charge is 0.146 e. The lowest BCUT2D eigenvalue weighted by atomic mass is 10.1. The number of nitrogens with two attached hydrogens (primary N) is 1. The van der Waals surface area contributed by atoms with Gasteiger partial charge in [0, 0.05) is 43.3 Å². The van der Waals surface area contributed by atoms with E-state index < -0.39 is 0 Å². The van der Waals surface area contributed by atoms with Gasteiger partial charge in [0.05, 0.1) is 23.0 Å². The van der Waals surface area contributed by atoms with Crippen molar-refractivity contribution in [1.82, 2.24) is 9.88 Å². The minimum atomic E-state index is -0.354. The van der Waals surface area contributed by atoms with Crippen molar-refractivity contribution in [3.63, 3.8) is 0 Å². The molecule has 0 saturated carbocycles. The molecule has 0 amide bonds. The Hall–Kier alpha value is -3.89. The first-order chi connectivity index (χ1) is 17.5. The fraction of sp³-hybridized carbons (Fsp3) is 0.276. The van der Waals surface area contributed by atoms with Gasteiger partial charge >= 0.3 is 0 Å². The van der Waals surface area contributed by atoms with E-state index in [0.717, 1.165) is 68.6 Å². The molecule has 5 nitrogen and oxygen atoms in total. The second-order valence-corrected chi connectivity index (χ2v) is 8.94. The summed E-state index contributed by atoms with van der Waals surface area (Å²) in [6.45, 7) is 4.79. The first-order valence-electron chi connectivity index (χ1n) is 12.3. The van der Waals surface area contributed by atoms with Crippen LogP contribution in [0.3, 0.4) is 0 Å². The summed E-state index contributed by atoms with van der Waals surface area (Å²) in [5.41, 5.74) is 9.16. The zero-order valence-corrected chi connectivity index (χ0v) is 20.3. The highest BCUT2D eigenvalue weighted by Gasteiger charge is 2.18. The van der Waals surface area contributed by atoms with Crippen molar-refractivity contribution >= 4 is 22.3 Å². The van der Waals surface area contributed by atoms with Crippen LogP contribution in [0, 0.1) is 23.0 Å². The molecule has 3 N–H and O–H groups in total. The van der Waals surface area contributed by atoms with Crippen molar-refractivity contribution in [1.29, 1.82) is 5.26 Å². The third-order valence-corrected chi connectivity index (χ3v) is 6.54. The van der Waals surface area contributed by atoms with Gasteiger partial charge in [-0.15, -0.1) is 0 Å². The SMILES string of the molecule is N#Cc1ccc2[nH]cc(CCCCN3CCN(c4ccccc4F)CC3)c2c1.Nc1ccccc1F. The molecule has 1 saturated heterocycles. The highest BCUT2D eigenvalue weighted by atomic mass is 19.1. The number of unbranched alkanes of at least 4 members (excludes halogenated alkanes) is 1. The molecule has 5 rings (SSSR count). The minimum Gasteiger partial charge on any atom is -0.396 e. The van der Waals surface area contributed by atoms with Gasteiger partial charge in [0.15, 0.2) is 0 Å². The molecule has 1 aromatic heterocycles. The minimum absolute atomic E-state index is 0.130. The number of para-hydroxylation sites is 2. The number of aryl methyl sites for hydroxylation is 1. The third-order valence-electron chi connectivity index (χ3n) is 6.54. The molecule has 3 aromatic carbocycles. The summed E-state index contributed by atoms with van der Waals surface area (Å²) in [6, 6.07) is 21.2. The fourth-order valence-corrected chi connectivity index (χ4v) is 4.50. The summed E-state index contributed by atoms with van der Waals surface area (Å²) in [5, 5.41) is 10.3. The third kappa shape index (κ3) is 6.41. The molecule has 1 aliphatic heterocycles. The number of hydrogen-bond donors (Lipinski definition) is 2. The quantitative estimate of drug-likeness (QED) is 0.269. The highest BCUT2D eigenvalue weighted by molar-refractivity contribution is 5.84. The number of nitriles is 1. The lowest BCUT2D eigenvalue weighted by molar-refractivity contribution is 0.252. The number of piperazine rings is 1. The molecule has 2 heterocycles. The molecule has 36 heavy (non-hydrogen) atoms. The van der Waals surface area contributed by atoms with Crippen LogP contribution in [0.5, 0.6) is 0 Å². The second-order valence-electron chi connectivity index (χ2n) is 8.94. The summed E-state index contributed by atoms with van der Waals surface area (Å²) in [7, 11) is 0. The van der Waals surface area contributed by atoms with Crippen molar-refractivity contribution in [2.24, 2.45) is 0 Å². The molecule has 0 unspecified atom stereocenters. The van der Waals surface area contributed by atoms with Gasteiger partial charge in [0.1, 0.15) is 11.6 Å². The molecule has 0 radical (unpaired) electrons. The number of fused-ring (bicyclic) bond motifs is 1. The Morgan fingerprint density at radius 3 is 2.28 bits per heavy atom. The van der Waals surface area contributed by atoms with Crippen molar-refractivity contribution in [3.8, 4) is 6.07 Å². The summed E-state index contributed by atoms with van der Waals surface area (Å²) in [4.78, 5) is 7.91. The van der Waals surface area contributed by atoms with Gasteiger partial charge in [0.2, 0.25) is 0 Å². The Morgan fingerprint density at radius 2 is 1.61 bits per heavy atom. The fourth-order valence-electron chi connectivity index (χ4n) is 4.50. The highest BCUT2D eigenvalue weighted by Crippen LogP contribution is 2.22. The Kier molecular flexibility index (Phi) is 8.53. The maximum atomic E-state index is 13.9. The number of aromatic amines is 1. The van der Waals surface area contributed by atoms with E-state index in [9.17, 15) is 8.78 Å². The zero-order chi connectivity index (χ0) is 25.3. The molecule has 0 atom stereocenters. The number of nitrogens with zero attached hydrogens (tertiary/aromatic N) is 3. The second kappa shape index (κ2) is 12.2. The van der Waals surface area contributed by atoms with Gasteiger partial charge in [-0.05, 0) is 73.8 Å². The van der Waals surface area contributed by atoms with Crippen LogP contribution in [-0.4, -0.2) is 42.6 Å². The van der Waals surface area contributed by atoms with E-state index in [-0.39, 0.29) is 17.3 Å². The zero-order valence-electron chi connectivity index (χ0n) is 20.3. The first kappa shape index (κ1) is 25.2. The number of H-pyrrole nitrogens is 1. The topological polar surface area (TPSA) is 72.1 Å². The van der Waals surface area contributed by atoms with E-state index in [4.69, 9.17) is 11.0 Å². The Balaban J connectivity index is 0.000000325. The summed E-state index contributed by atoms with van der Waals surface area (Å²) >= 11 is 0. The normalized spacial score (nSPS) is 13.8. The summed E-state index contributed by atoms with van der Waals surface area (Å²) in [6.07, 6.45) is 5.35. The molecule has 1 aliphatic rings. The molecule has 7 heteroatoms. The van der Waals surface area contributed by atoms with Crippen LogP contribution in [0.4, 0.5) is 20.2 Å². The van der Waals surface area contributed by atoms with Crippen LogP contribution in [0.15, 0.2) is 72.9 Å². The lowest BCUT2D eigenvalue weighted by Gasteiger charge is -2.36. The van der Waals surface area contributed by atoms with Crippen LogP contribution in [0.25, 0.3) is 10.9 Å². The van der Waals surface area contributed by atoms with Crippen molar-refractivity contribution < 1.29 is 8.78 Å². The van der Waals surface area contributed by atoms with E-state index in [1.165, 1.54) is 23.8 Å². The standard InChI is InChI=1S/C23H25FN4.C6H6FN/c24-21-6-1-2-7-23(21)28-13-11-27(12-14-28)10-4-3-5-19-17-26-22-9-8-18(16-25)15-20(19)22;7-5-3-1-2-4-6(5)8/h1-2,6-9,15,17,26H,3-5,10-14H2;1-4H,8H2. The van der Waals surface area contributed by atoms with Gasteiger partial charge in [0.25, 0.3) is 0 Å². The number of rotatable bonds is 6. The van der Waals surface area contributed by atoms with Crippen LogP contribution >= 0.6 is 0 Å². The van der Waals surface area contributed by atoms with Gasteiger partial charge in [-0.3, -0.25) is 4.90 Å². The van der Waals surface area contributed by atoms with Crippen LogP contribution in [0.2, 0.25) is 0 Å². The van der Waals surface area contributed by atoms with Gasteiger partial charge in [-0.25, -0.2) is 8.78 Å². The number of aromatic nitrogens is 1. The molecule has 0 aliphatic carbocycles. The van der Waals surface area contributed by atoms with E-state index >= 15 is 0 Å². The van der Waals surface area contributed by atoms with Crippen LogP contribution in [-0.2, 0) is 6.42 Å². The molecule has 0 spiro atoms. The number of nitrogens with one attached hydrogen (secondary N) is 1. The van der Waals surface area contributed by atoms with Gasteiger partial charge < -0.3 is 15.6 Å². The Labute approximate surface area is 210 Å². The average Bonchev–Trinajstić information content (AvgIpc) is 3.31. The Morgan fingerprint density at radius 1 is 0.889 bits per heavy atom. The molecule has 186 valence electrons. The first-order valence-corrected chi connectivity index (χ1v) is 12.3. The number of halogens is 2. The van der Waals surface area contributed by atoms with Gasteiger partial charge in [-0.2, -0.15) is 5.26 Å². The maximum Gasteiger partial charge on any atom is 0.146 e. The molecule has 0 bridgehead atoms. The monoisotopic (exact) mass is 487 g/mol. The molecular formula is C29H31F2N5. The van der Waals surface area contributed by atoms with Crippen molar-refractivity contribution in [2.75, 3.05) is 43.4 Å². The number of nitrogen functional groups attached to an aromatic ring is 1. The number of anilines is 2. The maximum absolute atomic E-state index is 13.9. The average molecular weight is 488 g/mol. The Bertz CT molecular complexity index is 1300. The van der Waals surface area contributed by atoms with Crippen molar-refractivity contribution in [3.05, 3.63) is 95.7 Å². The van der Waals surface area contributed by atoms with Crippen LogP contribution < -0.4 is 10.6 Å². The molecule has 4 aromatic rings. The van der Waals surface area contributed by atoms with E-state index in [2.05, 4.69) is 27.0 Å². The van der Waals surface area contributed by atoms with Crippen LogP contribution in [0.1, 0.15) is 24.0 Å². The van der Waals surface area contributed by atoms with E-state index in [1.54, 1.807) is 18.2 Å². The predicted molar refractivity (Wildman–Crippen MR) is 142 cm³/mol. The number of benzene rings is 3. The summed E-state index contributed by atoms with van der Waals surface area (Å²) in [5.74, 6) is -0.485. The number of hydrogen-bond acceptors (Lipinski definition) is 4. The largest absolute Gasteiger partial charge is 0.396 e. The lowest BCUT2D eigenvalue weighted by Crippen LogP contribution is -2.46. The molecule has 1 fully saturated rings. The summed E-state index contributed by atoms with van der Waals surface area (Å²) < 4.78 is 26.1. The van der Waals surface area contributed by atoms with Gasteiger partial charge in [-0.1, -0.05) is 24.3 Å². The predicted octanol–water partition coefficient (Wildman–Crippen LogP) is 5.73. The van der Waals surface area contributed by atoms with E-state index in [0.29, 0.717) is 5.56 Å². The molecular weight excluding hydrogens is 456 g/mol. The van der Waals surface area contributed by atoms with E-state index in [1.807, 2.05) is 30.3 Å². The van der Waals surface area contributed by atoms with Crippen molar-refractivity contribution in [2.45, 2.75) is 19.3 Å².